The zero-order valence-electron chi connectivity index (χ0n) is 14.5. The third-order valence-electron chi connectivity index (χ3n) is 5.47. The Kier molecular flexibility index (Phi) is 6.84. The molecule has 0 spiro atoms. The van der Waals surface area contributed by atoms with Crippen molar-refractivity contribution >= 4 is 21.9 Å². The average molecular weight is 398 g/mol. The summed E-state index contributed by atoms with van der Waals surface area (Å²) in [5, 5.41) is 21.0. The lowest BCUT2D eigenvalue weighted by atomic mass is 9.76. The molecule has 0 amide bonds. The van der Waals surface area contributed by atoms with E-state index in [1.165, 1.54) is 0 Å². The molecule has 0 radical (unpaired) electrons. The van der Waals surface area contributed by atoms with Crippen molar-refractivity contribution in [2.45, 2.75) is 43.6 Å². The maximum Gasteiger partial charge on any atom is 0.340 e. The summed E-state index contributed by atoms with van der Waals surface area (Å²) in [5.41, 5.74) is -0.104. The molecule has 24 heavy (non-hydrogen) atoms. The van der Waals surface area contributed by atoms with E-state index in [-0.39, 0.29) is 5.92 Å². The first kappa shape index (κ1) is 19.4. The SMILES string of the molecule is CBr.CN1CCC(c2ccccc2C(O)(C(=O)O)C2CCCC2)C1. The second kappa shape index (κ2) is 8.45. The number of carboxylic acid groups (broad SMARTS) is 1. The number of hydrogen-bond donors (Lipinski definition) is 2. The molecule has 2 aliphatic rings. The van der Waals surface area contributed by atoms with E-state index < -0.39 is 11.6 Å². The van der Waals surface area contributed by atoms with E-state index in [0.29, 0.717) is 11.5 Å². The Balaban J connectivity index is 0.00000100. The molecular weight excluding hydrogens is 370 g/mol. The summed E-state index contributed by atoms with van der Waals surface area (Å²) >= 11 is 2.94. The van der Waals surface area contributed by atoms with Crippen LogP contribution in [0, 0.1) is 5.92 Å². The molecule has 1 aliphatic carbocycles. The van der Waals surface area contributed by atoms with Crippen molar-refractivity contribution in [3.63, 3.8) is 0 Å². The number of nitrogens with zero attached hydrogens (tertiary/aromatic N) is 1. The number of rotatable bonds is 4. The number of hydrogen-bond acceptors (Lipinski definition) is 3. The molecule has 0 aromatic heterocycles. The van der Waals surface area contributed by atoms with Gasteiger partial charge in [-0.15, -0.1) is 0 Å². The van der Waals surface area contributed by atoms with Crippen molar-refractivity contribution in [3.8, 4) is 0 Å². The third-order valence-corrected chi connectivity index (χ3v) is 5.47. The van der Waals surface area contributed by atoms with Crippen LogP contribution in [-0.2, 0) is 10.4 Å². The second-order valence-electron chi connectivity index (χ2n) is 6.89. The zero-order valence-corrected chi connectivity index (χ0v) is 16.1. The van der Waals surface area contributed by atoms with Crippen LogP contribution >= 0.6 is 15.9 Å². The quantitative estimate of drug-likeness (QED) is 0.762. The van der Waals surface area contributed by atoms with E-state index in [2.05, 4.69) is 27.9 Å². The molecule has 5 heteroatoms. The van der Waals surface area contributed by atoms with Gasteiger partial charge in [0.25, 0.3) is 0 Å². The van der Waals surface area contributed by atoms with E-state index in [1.54, 1.807) is 0 Å². The Morgan fingerprint density at radius 1 is 1.21 bits per heavy atom. The summed E-state index contributed by atoms with van der Waals surface area (Å²) in [6.45, 7) is 1.95. The van der Waals surface area contributed by atoms with Crippen LogP contribution in [0.15, 0.2) is 24.3 Å². The number of alkyl halides is 1. The molecule has 3 rings (SSSR count). The van der Waals surface area contributed by atoms with Crippen LogP contribution in [0.4, 0.5) is 0 Å². The Hall–Kier alpha value is -0.910. The van der Waals surface area contributed by atoms with Crippen LogP contribution in [-0.4, -0.2) is 47.1 Å². The van der Waals surface area contributed by atoms with Gasteiger partial charge in [0.1, 0.15) is 0 Å². The summed E-state index contributed by atoms with van der Waals surface area (Å²) in [7, 11) is 2.09. The number of carboxylic acids is 1. The van der Waals surface area contributed by atoms with Gasteiger partial charge in [-0.05, 0) is 55.7 Å². The summed E-state index contributed by atoms with van der Waals surface area (Å²) in [4.78, 5) is 14.2. The Morgan fingerprint density at radius 3 is 2.38 bits per heavy atom. The lowest BCUT2D eigenvalue weighted by molar-refractivity contribution is -0.166. The molecule has 1 saturated heterocycles. The second-order valence-corrected chi connectivity index (χ2v) is 6.89. The smallest absolute Gasteiger partial charge is 0.340 e. The normalized spacial score (nSPS) is 24.2. The number of aliphatic carboxylic acids is 1. The van der Waals surface area contributed by atoms with Crippen molar-refractivity contribution in [3.05, 3.63) is 35.4 Å². The van der Waals surface area contributed by atoms with Gasteiger partial charge in [-0.1, -0.05) is 53.0 Å². The lowest BCUT2D eigenvalue weighted by Gasteiger charge is -2.33. The van der Waals surface area contributed by atoms with Crippen molar-refractivity contribution < 1.29 is 15.0 Å². The van der Waals surface area contributed by atoms with Crippen molar-refractivity contribution in [1.82, 2.24) is 4.90 Å². The van der Waals surface area contributed by atoms with Crippen LogP contribution in [0.1, 0.15) is 49.1 Å². The van der Waals surface area contributed by atoms with Crippen LogP contribution < -0.4 is 0 Å². The number of halogens is 1. The number of likely N-dealkylation sites (N-methyl/N-ethyl adjacent to an activating group) is 1. The van der Waals surface area contributed by atoms with Gasteiger partial charge in [-0.25, -0.2) is 4.79 Å². The van der Waals surface area contributed by atoms with E-state index in [4.69, 9.17) is 0 Å². The van der Waals surface area contributed by atoms with Gasteiger partial charge < -0.3 is 15.1 Å². The molecule has 1 heterocycles. The fourth-order valence-corrected chi connectivity index (χ4v) is 4.24. The van der Waals surface area contributed by atoms with Crippen LogP contribution in [0.25, 0.3) is 0 Å². The number of carbonyl (C=O) groups is 1. The monoisotopic (exact) mass is 397 g/mol. The van der Waals surface area contributed by atoms with Crippen LogP contribution in [0.3, 0.4) is 0 Å². The lowest BCUT2D eigenvalue weighted by Crippen LogP contribution is -2.43. The van der Waals surface area contributed by atoms with Gasteiger partial charge in [0.05, 0.1) is 0 Å². The van der Waals surface area contributed by atoms with Crippen molar-refractivity contribution in [1.29, 1.82) is 0 Å². The number of aliphatic hydroxyl groups is 1. The highest BCUT2D eigenvalue weighted by Gasteiger charge is 2.48. The fraction of sp³-hybridized carbons (Fsp3) is 0.632. The minimum absolute atomic E-state index is 0.176. The van der Waals surface area contributed by atoms with E-state index in [1.807, 2.05) is 30.1 Å². The molecule has 4 nitrogen and oxygen atoms in total. The molecule has 2 fully saturated rings. The summed E-state index contributed by atoms with van der Waals surface area (Å²) in [6.07, 6.45) is 4.63. The Labute approximate surface area is 153 Å². The van der Waals surface area contributed by atoms with E-state index >= 15 is 0 Å². The molecule has 2 atom stereocenters. The molecule has 1 aromatic carbocycles. The highest BCUT2D eigenvalue weighted by atomic mass is 79.9. The first-order chi connectivity index (χ1) is 11.5. The minimum Gasteiger partial charge on any atom is -0.479 e. The molecule has 2 unspecified atom stereocenters. The highest BCUT2D eigenvalue weighted by Crippen LogP contribution is 2.44. The summed E-state index contributed by atoms with van der Waals surface area (Å²) in [5.74, 6) is 0.851. The van der Waals surface area contributed by atoms with E-state index in [0.717, 1.165) is 50.8 Å². The predicted molar refractivity (Wildman–Crippen MR) is 99.6 cm³/mol. The molecule has 1 saturated carbocycles. The van der Waals surface area contributed by atoms with Gasteiger partial charge in [-0.3, -0.25) is 0 Å². The molecule has 1 aliphatic heterocycles. The van der Waals surface area contributed by atoms with Crippen LogP contribution in [0.2, 0.25) is 0 Å². The first-order valence-corrected chi connectivity index (χ1v) is 10.2. The van der Waals surface area contributed by atoms with Crippen molar-refractivity contribution in [2.24, 2.45) is 5.92 Å². The third kappa shape index (κ3) is 3.68. The standard InChI is InChI=1S/C18H25NO3.CH3Br/c1-19-11-10-13(12-19)15-8-4-5-9-16(15)18(22,17(20)21)14-6-2-3-7-14;1-2/h4-5,8-9,13-14,22H,2-3,6-7,10-12H2,1H3,(H,20,21);1H3. The van der Waals surface area contributed by atoms with Gasteiger partial charge >= 0.3 is 5.97 Å². The fourth-order valence-electron chi connectivity index (χ4n) is 4.24. The van der Waals surface area contributed by atoms with E-state index in [9.17, 15) is 15.0 Å². The maximum atomic E-state index is 12.0. The topological polar surface area (TPSA) is 60.8 Å². The minimum atomic E-state index is -1.74. The number of benzene rings is 1. The summed E-state index contributed by atoms with van der Waals surface area (Å²) in [6, 6.07) is 7.62. The maximum absolute atomic E-state index is 12.0. The molecule has 0 bridgehead atoms. The first-order valence-electron chi connectivity index (χ1n) is 8.65. The van der Waals surface area contributed by atoms with Gasteiger partial charge in [-0.2, -0.15) is 0 Å². The molecule has 1 aromatic rings. The van der Waals surface area contributed by atoms with Gasteiger partial charge in [0, 0.05) is 12.5 Å². The Bertz CT molecular complexity index is 559. The largest absolute Gasteiger partial charge is 0.479 e. The zero-order chi connectivity index (χ0) is 17.7. The van der Waals surface area contributed by atoms with Gasteiger partial charge in [0.2, 0.25) is 0 Å². The van der Waals surface area contributed by atoms with Crippen LogP contribution in [0.5, 0.6) is 0 Å². The van der Waals surface area contributed by atoms with Gasteiger partial charge in [0.15, 0.2) is 5.60 Å². The molecule has 2 N–H and O–H groups in total. The molecular formula is C19H28BrNO3. The molecule has 134 valence electrons. The Morgan fingerprint density at radius 2 is 1.83 bits per heavy atom. The van der Waals surface area contributed by atoms with Crippen molar-refractivity contribution in [2.75, 3.05) is 26.0 Å². The summed E-state index contributed by atoms with van der Waals surface area (Å²) < 4.78 is 0. The highest BCUT2D eigenvalue weighted by molar-refractivity contribution is 9.08. The number of likely N-dealkylation sites (tertiary alicyclic amines) is 1. The average Bonchev–Trinajstić information content (AvgIpc) is 3.27. The predicted octanol–water partition coefficient (Wildman–Crippen LogP) is 3.58.